The highest BCUT2D eigenvalue weighted by Gasteiger charge is 2.62. The van der Waals surface area contributed by atoms with Crippen LogP contribution >= 0.6 is 0 Å². The Labute approximate surface area is 126 Å². The summed E-state index contributed by atoms with van der Waals surface area (Å²) in [5.74, 6) is 0.671. The predicted molar refractivity (Wildman–Crippen MR) is 80.9 cm³/mol. The fraction of sp³-hybridized carbons (Fsp3) is 0.611. The number of hydrogen-bond donors (Lipinski definition) is 1. The molecule has 0 aromatic heterocycles. The number of rotatable bonds is 3. The van der Waals surface area contributed by atoms with Gasteiger partial charge in [-0.05, 0) is 48.3 Å². The lowest BCUT2D eigenvalue weighted by Crippen LogP contribution is -2.38. The van der Waals surface area contributed by atoms with Crippen LogP contribution in [0, 0.1) is 16.7 Å². The molecule has 21 heavy (non-hydrogen) atoms. The van der Waals surface area contributed by atoms with Crippen molar-refractivity contribution in [3.05, 3.63) is 29.8 Å². The molecule has 1 N–H and O–H groups in total. The Morgan fingerprint density at radius 2 is 2.14 bits per heavy atom. The molecule has 1 aromatic rings. The number of hydrogen-bond acceptors (Lipinski definition) is 3. The van der Waals surface area contributed by atoms with E-state index in [-0.39, 0.29) is 35.1 Å². The van der Waals surface area contributed by atoms with Gasteiger partial charge in [0.25, 0.3) is 0 Å². The zero-order valence-electron chi connectivity index (χ0n) is 13.1. The highest BCUT2D eigenvalue weighted by molar-refractivity contribution is 5.73. The molecule has 3 rings (SSSR count). The summed E-state index contributed by atoms with van der Waals surface area (Å²) in [4.78, 5) is 12.2. The smallest absolute Gasteiger partial charge is 0.310 e. The molecule has 2 fully saturated rings. The summed E-state index contributed by atoms with van der Waals surface area (Å²) in [6.45, 7) is 6.90. The van der Waals surface area contributed by atoms with Crippen molar-refractivity contribution < 1.29 is 14.6 Å². The average molecular weight is 288 g/mol. The third-order valence-corrected chi connectivity index (χ3v) is 6.25. The highest BCUT2D eigenvalue weighted by atomic mass is 16.5. The maximum atomic E-state index is 12.2. The van der Waals surface area contributed by atoms with Crippen molar-refractivity contribution in [2.45, 2.75) is 52.6 Å². The summed E-state index contributed by atoms with van der Waals surface area (Å²) in [7, 11) is 0. The van der Waals surface area contributed by atoms with Gasteiger partial charge in [0, 0.05) is 5.41 Å². The number of aromatic hydroxyl groups is 1. The number of ether oxygens (including phenoxy) is 1. The van der Waals surface area contributed by atoms with E-state index in [1.165, 1.54) is 6.42 Å². The summed E-state index contributed by atoms with van der Waals surface area (Å²) in [5, 5.41) is 9.45. The van der Waals surface area contributed by atoms with Crippen molar-refractivity contribution in [1.82, 2.24) is 0 Å². The predicted octanol–water partition coefficient (Wildman–Crippen LogP) is 3.69. The molecule has 0 radical (unpaired) electrons. The number of phenols is 1. The van der Waals surface area contributed by atoms with Crippen LogP contribution in [0.1, 0.15) is 45.6 Å². The Kier molecular flexibility index (Phi) is 3.27. The van der Waals surface area contributed by atoms with E-state index in [4.69, 9.17) is 4.74 Å². The van der Waals surface area contributed by atoms with Crippen molar-refractivity contribution in [1.29, 1.82) is 0 Å². The van der Waals surface area contributed by atoms with E-state index in [2.05, 4.69) is 20.8 Å². The summed E-state index contributed by atoms with van der Waals surface area (Å²) in [5.41, 5.74) is 1.15. The number of benzene rings is 1. The lowest BCUT2D eigenvalue weighted by atomic mass is 9.70. The zero-order chi connectivity index (χ0) is 15.3. The Hall–Kier alpha value is -1.51. The SMILES string of the molecule is CC1(C)C2CCC1(C)C(OC(=O)Cc1cccc(O)c1)C2. The molecule has 0 amide bonds. The van der Waals surface area contributed by atoms with Crippen LogP contribution in [-0.2, 0) is 16.0 Å². The monoisotopic (exact) mass is 288 g/mol. The summed E-state index contributed by atoms with van der Waals surface area (Å²) >= 11 is 0. The Morgan fingerprint density at radius 1 is 1.38 bits per heavy atom. The molecule has 2 aliphatic rings. The number of fused-ring (bicyclic) bond motifs is 2. The lowest BCUT2D eigenvalue weighted by molar-refractivity contribution is -0.156. The van der Waals surface area contributed by atoms with Crippen molar-refractivity contribution in [3.8, 4) is 5.75 Å². The third kappa shape index (κ3) is 2.23. The van der Waals surface area contributed by atoms with Gasteiger partial charge >= 0.3 is 5.97 Å². The lowest BCUT2D eigenvalue weighted by Gasteiger charge is -2.38. The van der Waals surface area contributed by atoms with E-state index in [9.17, 15) is 9.90 Å². The molecule has 3 heteroatoms. The van der Waals surface area contributed by atoms with Crippen molar-refractivity contribution in [2.75, 3.05) is 0 Å². The Morgan fingerprint density at radius 3 is 2.71 bits per heavy atom. The molecule has 114 valence electrons. The van der Waals surface area contributed by atoms with Gasteiger partial charge < -0.3 is 9.84 Å². The third-order valence-electron chi connectivity index (χ3n) is 6.25. The van der Waals surface area contributed by atoms with Crippen LogP contribution in [0.15, 0.2) is 24.3 Å². The minimum absolute atomic E-state index is 0.0380. The minimum atomic E-state index is -0.185. The van der Waals surface area contributed by atoms with Gasteiger partial charge in [0.05, 0.1) is 6.42 Å². The minimum Gasteiger partial charge on any atom is -0.508 e. The first-order chi connectivity index (χ1) is 9.83. The van der Waals surface area contributed by atoms with E-state index >= 15 is 0 Å². The van der Waals surface area contributed by atoms with E-state index in [1.807, 2.05) is 6.07 Å². The first-order valence-electron chi connectivity index (χ1n) is 7.80. The van der Waals surface area contributed by atoms with E-state index < -0.39 is 0 Å². The van der Waals surface area contributed by atoms with Crippen LogP contribution in [0.25, 0.3) is 0 Å². The standard InChI is InChI=1S/C18H24O3/c1-17(2)13-7-8-18(17,3)15(11-13)21-16(20)10-12-5-4-6-14(19)9-12/h4-6,9,13,15,19H,7-8,10-11H2,1-3H3. The molecular weight excluding hydrogens is 264 g/mol. The van der Waals surface area contributed by atoms with Gasteiger partial charge in [-0.2, -0.15) is 0 Å². The van der Waals surface area contributed by atoms with E-state index in [0.717, 1.165) is 18.4 Å². The van der Waals surface area contributed by atoms with Gasteiger partial charge in [-0.25, -0.2) is 0 Å². The second-order valence-electron chi connectivity index (χ2n) is 7.44. The van der Waals surface area contributed by atoms with Crippen LogP contribution in [0.4, 0.5) is 0 Å². The molecule has 0 heterocycles. The van der Waals surface area contributed by atoms with Crippen LogP contribution in [0.3, 0.4) is 0 Å². The van der Waals surface area contributed by atoms with E-state index in [1.54, 1.807) is 18.2 Å². The molecular formula is C18H24O3. The molecule has 0 saturated heterocycles. The molecule has 2 saturated carbocycles. The first kappa shape index (κ1) is 14.4. The Balaban J connectivity index is 1.67. The fourth-order valence-electron chi connectivity index (χ4n) is 4.34. The molecule has 3 unspecified atom stereocenters. The molecule has 2 aliphatic carbocycles. The first-order valence-corrected chi connectivity index (χ1v) is 7.80. The van der Waals surface area contributed by atoms with Crippen molar-refractivity contribution >= 4 is 5.97 Å². The van der Waals surface area contributed by atoms with Gasteiger partial charge in [-0.15, -0.1) is 0 Å². The van der Waals surface area contributed by atoms with Gasteiger partial charge in [-0.3, -0.25) is 4.79 Å². The van der Waals surface area contributed by atoms with Crippen molar-refractivity contribution in [3.63, 3.8) is 0 Å². The van der Waals surface area contributed by atoms with Gasteiger partial charge in [0.1, 0.15) is 11.9 Å². The number of esters is 1. The second-order valence-corrected chi connectivity index (χ2v) is 7.44. The molecule has 2 bridgehead atoms. The summed E-state index contributed by atoms with van der Waals surface area (Å²) < 4.78 is 5.81. The highest BCUT2D eigenvalue weighted by Crippen LogP contribution is 2.66. The van der Waals surface area contributed by atoms with Gasteiger partial charge in [0.15, 0.2) is 0 Å². The maximum absolute atomic E-state index is 12.2. The second kappa shape index (κ2) is 4.75. The molecule has 3 nitrogen and oxygen atoms in total. The van der Waals surface area contributed by atoms with E-state index in [0.29, 0.717) is 5.92 Å². The normalized spacial score (nSPS) is 33.1. The number of phenolic OH excluding ortho intramolecular Hbond substituents is 1. The zero-order valence-corrected chi connectivity index (χ0v) is 13.1. The number of carbonyl (C=O) groups is 1. The molecule has 0 aliphatic heterocycles. The maximum Gasteiger partial charge on any atom is 0.310 e. The topological polar surface area (TPSA) is 46.5 Å². The van der Waals surface area contributed by atoms with Crippen molar-refractivity contribution in [2.24, 2.45) is 16.7 Å². The summed E-state index contributed by atoms with van der Waals surface area (Å²) in [6.07, 6.45) is 3.66. The Bertz CT molecular complexity index is 563. The van der Waals surface area contributed by atoms with Crippen LogP contribution in [0.5, 0.6) is 5.75 Å². The van der Waals surface area contributed by atoms with Crippen LogP contribution in [-0.4, -0.2) is 17.2 Å². The van der Waals surface area contributed by atoms with Crippen LogP contribution < -0.4 is 0 Å². The molecule has 3 atom stereocenters. The summed E-state index contributed by atoms with van der Waals surface area (Å²) in [6, 6.07) is 6.81. The fourth-order valence-corrected chi connectivity index (χ4v) is 4.34. The average Bonchev–Trinajstić information content (AvgIpc) is 2.72. The van der Waals surface area contributed by atoms with Crippen LogP contribution in [0.2, 0.25) is 0 Å². The quantitative estimate of drug-likeness (QED) is 0.863. The largest absolute Gasteiger partial charge is 0.508 e. The molecule has 1 aromatic carbocycles. The van der Waals surface area contributed by atoms with Gasteiger partial charge in [-0.1, -0.05) is 32.9 Å². The molecule has 0 spiro atoms. The van der Waals surface area contributed by atoms with Gasteiger partial charge in [0.2, 0.25) is 0 Å². The number of carbonyl (C=O) groups excluding carboxylic acids is 1.